The molecule has 3 heteroatoms. The molecule has 0 spiro atoms. The molecular formula is C15H22BrNO. The van der Waals surface area contributed by atoms with Crippen LogP contribution < -0.4 is 5.32 Å². The normalized spacial score (nSPS) is 26.9. The molecule has 2 nitrogen and oxygen atoms in total. The van der Waals surface area contributed by atoms with Crippen molar-refractivity contribution >= 4 is 21.6 Å². The first-order valence-corrected chi connectivity index (χ1v) is 7.44. The first-order chi connectivity index (χ1) is 8.51. The van der Waals surface area contributed by atoms with E-state index in [1.54, 1.807) is 0 Å². The van der Waals surface area contributed by atoms with Gasteiger partial charge < -0.3 is 10.4 Å². The predicted octanol–water partition coefficient (Wildman–Crippen LogP) is 4.19. The molecule has 1 fully saturated rings. The maximum Gasteiger partial charge on any atom is 0.0666 e. The quantitative estimate of drug-likeness (QED) is 0.877. The lowest BCUT2D eigenvalue weighted by Crippen LogP contribution is -2.56. The van der Waals surface area contributed by atoms with Gasteiger partial charge in [0.1, 0.15) is 0 Å². The van der Waals surface area contributed by atoms with Crippen LogP contribution in [0.25, 0.3) is 0 Å². The van der Waals surface area contributed by atoms with Gasteiger partial charge in [0.2, 0.25) is 0 Å². The smallest absolute Gasteiger partial charge is 0.0666 e. The van der Waals surface area contributed by atoms with Gasteiger partial charge in [0.05, 0.1) is 12.1 Å². The summed E-state index contributed by atoms with van der Waals surface area (Å²) in [5, 5.41) is 13.6. The molecule has 0 aliphatic heterocycles. The molecule has 0 amide bonds. The molecule has 1 aliphatic carbocycles. The Hall–Kier alpha value is -0.540. The van der Waals surface area contributed by atoms with Gasteiger partial charge in [-0.1, -0.05) is 38.8 Å². The predicted molar refractivity (Wildman–Crippen MR) is 79.8 cm³/mol. The summed E-state index contributed by atoms with van der Waals surface area (Å²) in [6.45, 7) is 4.69. The highest BCUT2D eigenvalue weighted by atomic mass is 79.9. The van der Waals surface area contributed by atoms with Gasteiger partial charge in [-0.15, -0.1) is 0 Å². The first kappa shape index (κ1) is 13.9. The fraction of sp³-hybridized carbons (Fsp3) is 0.600. The fourth-order valence-corrected chi connectivity index (χ4v) is 3.34. The largest absolute Gasteiger partial charge is 0.394 e. The third-order valence-electron chi connectivity index (χ3n) is 4.47. The van der Waals surface area contributed by atoms with Crippen LogP contribution in [0.2, 0.25) is 0 Å². The third kappa shape index (κ3) is 2.43. The van der Waals surface area contributed by atoms with Gasteiger partial charge >= 0.3 is 0 Å². The molecule has 0 radical (unpaired) electrons. The number of halogens is 1. The van der Waals surface area contributed by atoms with Crippen LogP contribution in [0.15, 0.2) is 28.7 Å². The zero-order valence-corrected chi connectivity index (χ0v) is 12.8. The molecule has 1 saturated carbocycles. The molecule has 0 aromatic heterocycles. The van der Waals surface area contributed by atoms with Crippen LogP contribution in [0.5, 0.6) is 0 Å². The van der Waals surface area contributed by atoms with Crippen molar-refractivity contribution in [3.8, 4) is 0 Å². The van der Waals surface area contributed by atoms with E-state index in [4.69, 9.17) is 0 Å². The molecule has 0 heterocycles. The maximum atomic E-state index is 9.95. The zero-order valence-electron chi connectivity index (χ0n) is 11.2. The minimum Gasteiger partial charge on any atom is -0.394 e. The standard InChI is InChI=1S/C15H22BrNO/c1-14(2)9-5-6-10-15(14,11-18)17-13-8-4-3-7-12(13)16/h3-4,7-8,17-18H,5-6,9-11H2,1-2H3. The SMILES string of the molecule is CC1(C)CCCCC1(CO)Nc1ccccc1Br. The number of benzene rings is 1. The van der Waals surface area contributed by atoms with Crippen molar-refractivity contribution in [2.75, 3.05) is 11.9 Å². The Morgan fingerprint density at radius 3 is 2.50 bits per heavy atom. The second kappa shape index (κ2) is 5.22. The van der Waals surface area contributed by atoms with Crippen LogP contribution in [0.3, 0.4) is 0 Å². The van der Waals surface area contributed by atoms with Gasteiger partial charge in [-0.2, -0.15) is 0 Å². The number of nitrogens with one attached hydrogen (secondary N) is 1. The van der Waals surface area contributed by atoms with E-state index < -0.39 is 0 Å². The summed E-state index contributed by atoms with van der Waals surface area (Å²) >= 11 is 3.57. The topological polar surface area (TPSA) is 32.3 Å². The van der Waals surface area contributed by atoms with Gasteiger partial charge in [0, 0.05) is 10.2 Å². The molecule has 100 valence electrons. The molecule has 0 saturated heterocycles. The highest BCUT2D eigenvalue weighted by molar-refractivity contribution is 9.10. The Labute approximate surface area is 118 Å². The van der Waals surface area contributed by atoms with Gasteiger partial charge in [0.15, 0.2) is 0 Å². The highest BCUT2D eigenvalue weighted by Crippen LogP contribution is 2.46. The second-order valence-corrected chi connectivity index (χ2v) is 6.79. The molecule has 0 bridgehead atoms. The van der Waals surface area contributed by atoms with Crippen LogP contribution >= 0.6 is 15.9 Å². The monoisotopic (exact) mass is 311 g/mol. The first-order valence-electron chi connectivity index (χ1n) is 6.64. The lowest BCUT2D eigenvalue weighted by molar-refractivity contribution is 0.0579. The summed E-state index contributed by atoms with van der Waals surface area (Å²) in [4.78, 5) is 0. The Bertz CT molecular complexity index is 419. The van der Waals surface area contributed by atoms with Crippen LogP contribution in [-0.4, -0.2) is 17.3 Å². The molecule has 1 unspecified atom stereocenters. The lowest BCUT2D eigenvalue weighted by atomic mass is 9.63. The van der Waals surface area contributed by atoms with E-state index in [0.717, 1.165) is 23.0 Å². The van der Waals surface area contributed by atoms with Gasteiger partial charge in [-0.3, -0.25) is 0 Å². The van der Waals surface area contributed by atoms with Crippen LogP contribution in [0.1, 0.15) is 39.5 Å². The van der Waals surface area contributed by atoms with E-state index in [2.05, 4.69) is 41.2 Å². The fourth-order valence-electron chi connectivity index (χ4n) is 2.96. The number of hydrogen-bond donors (Lipinski definition) is 2. The molecule has 2 rings (SSSR count). The van der Waals surface area contributed by atoms with E-state index in [9.17, 15) is 5.11 Å². The molecule has 1 aliphatic rings. The summed E-state index contributed by atoms with van der Waals surface area (Å²) in [5.41, 5.74) is 0.964. The van der Waals surface area contributed by atoms with Crippen LogP contribution in [-0.2, 0) is 0 Å². The van der Waals surface area contributed by atoms with Crippen molar-refractivity contribution in [1.82, 2.24) is 0 Å². The molecule has 1 aromatic rings. The van der Waals surface area contributed by atoms with Crippen molar-refractivity contribution in [3.05, 3.63) is 28.7 Å². The van der Waals surface area contributed by atoms with Crippen molar-refractivity contribution in [2.45, 2.75) is 45.1 Å². The molecule has 2 N–H and O–H groups in total. The number of aliphatic hydroxyl groups is 1. The van der Waals surface area contributed by atoms with Gasteiger partial charge in [0.25, 0.3) is 0 Å². The van der Waals surface area contributed by atoms with Crippen molar-refractivity contribution < 1.29 is 5.11 Å². The second-order valence-electron chi connectivity index (χ2n) is 5.94. The zero-order chi connectivity index (χ0) is 13.2. The van der Waals surface area contributed by atoms with Crippen LogP contribution in [0.4, 0.5) is 5.69 Å². The number of hydrogen-bond acceptors (Lipinski definition) is 2. The minimum absolute atomic E-state index is 0.106. The summed E-state index contributed by atoms with van der Waals surface area (Å²) in [6, 6.07) is 8.12. The maximum absolute atomic E-state index is 9.95. The summed E-state index contributed by atoms with van der Waals surface area (Å²) in [7, 11) is 0. The summed E-state index contributed by atoms with van der Waals surface area (Å²) in [6.07, 6.45) is 4.62. The van der Waals surface area contributed by atoms with Gasteiger partial charge in [-0.05, 0) is 46.3 Å². The molecule has 1 aromatic carbocycles. The van der Waals surface area contributed by atoms with E-state index in [0.29, 0.717) is 0 Å². The molecule has 1 atom stereocenters. The molecule has 18 heavy (non-hydrogen) atoms. The van der Waals surface area contributed by atoms with Crippen molar-refractivity contribution in [3.63, 3.8) is 0 Å². The van der Waals surface area contributed by atoms with E-state index in [1.807, 2.05) is 18.2 Å². The average Bonchev–Trinajstić information content (AvgIpc) is 2.34. The number of para-hydroxylation sites is 1. The van der Waals surface area contributed by atoms with Crippen LogP contribution in [0, 0.1) is 5.41 Å². The van der Waals surface area contributed by atoms with Crippen molar-refractivity contribution in [1.29, 1.82) is 0 Å². The van der Waals surface area contributed by atoms with E-state index in [1.165, 1.54) is 12.8 Å². The minimum atomic E-state index is -0.213. The third-order valence-corrected chi connectivity index (χ3v) is 5.16. The Kier molecular flexibility index (Phi) is 4.02. The number of aliphatic hydroxyl groups excluding tert-OH is 1. The number of rotatable bonds is 3. The Balaban J connectivity index is 2.30. The Morgan fingerprint density at radius 1 is 1.22 bits per heavy atom. The number of anilines is 1. The average molecular weight is 312 g/mol. The summed E-state index contributed by atoms with van der Waals surface area (Å²) < 4.78 is 1.05. The van der Waals surface area contributed by atoms with Crippen molar-refractivity contribution in [2.24, 2.45) is 5.41 Å². The van der Waals surface area contributed by atoms with Gasteiger partial charge in [-0.25, -0.2) is 0 Å². The summed E-state index contributed by atoms with van der Waals surface area (Å²) in [5.74, 6) is 0. The molecular weight excluding hydrogens is 290 g/mol. The highest BCUT2D eigenvalue weighted by Gasteiger charge is 2.46. The Morgan fingerprint density at radius 2 is 1.89 bits per heavy atom. The van der Waals surface area contributed by atoms with E-state index in [-0.39, 0.29) is 17.6 Å². The lowest BCUT2D eigenvalue weighted by Gasteiger charge is -2.50. The van der Waals surface area contributed by atoms with E-state index >= 15 is 0 Å².